The van der Waals surface area contributed by atoms with Gasteiger partial charge in [-0.15, -0.1) is 0 Å². The van der Waals surface area contributed by atoms with E-state index in [9.17, 15) is 4.79 Å². The molecule has 1 aromatic heterocycles. The summed E-state index contributed by atoms with van der Waals surface area (Å²) in [5.74, 6) is 0.0699. The minimum Gasteiger partial charge on any atom is -0.462 e. The average Bonchev–Trinajstić information content (AvgIpc) is 2.64. The van der Waals surface area contributed by atoms with Crippen LogP contribution in [0.3, 0.4) is 0 Å². The number of nitrogen functional groups attached to an aromatic ring is 1. The standard InChI is InChI=1S/C14H13N3O2/c1-2-19-13(18)9-6-7-11-12(8-9)17(14(15)16-11)10-4-3-5-10/h3-8H,2H2,1H3,(H2,15,16). The maximum atomic E-state index is 11.7. The zero-order valence-corrected chi connectivity index (χ0v) is 10.5. The maximum absolute atomic E-state index is 11.7. The van der Waals surface area contributed by atoms with Gasteiger partial charge in [-0.05, 0) is 37.3 Å². The summed E-state index contributed by atoms with van der Waals surface area (Å²) in [5.41, 5.74) is 8.93. The zero-order valence-electron chi connectivity index (χ0n) is 10.5. The van der Waals surface area contributed by atoms with Crippen molar-refractivity contribution in [1.29, 1.82) is 0 Å². The summed E-state index contributed by atoms with van der Waals surface area (Å²) in [6.45, 7) is 2.13. The van der Waals surface area contributed by atoms with Gasteiger partial charge in [-0.25, -0.2) is 9.78 Å². The molecule has 5 nitrogen and oxygen atoms in total. The highest BCUT2D eigenvalue weighted by molar-refractivity contribution is 5.95. The lowest BCUT2D eigenvalue weighted by molar-refractivity contribution is 0.0526. The first-order valence-electron chi connectivity index (χ1n) is 6.04. The number of carbonyl (C=O) groups is 1. The van der Waals surface area contributed by atoms with Crippen LogP contribution in [0.1, 0.15) is 17.3 Å². The van der Waals surface area contributed by atoms with Crippen molar-refractivity contribution in [3.8, 4) is 0 Å². The Kier molecular flexibility index (Phi) is 2.59. The van der Waals surface area contributed by atoms with E-state index in [1.54, 1.807) is 25.1 Å². The van der Waals surface area contributed by atoms with Crippen molar-refractivity contribution in [1.82, 2.24) is 9.55 Å². The largest absolute Gasteiger partial charge is 0.462 e. The molecule has 2 aromatic rings. The molecule has 0 atom stereocenters. The van der Waals surface area contributed by atoms with Gasteiger partial charge in [0.05, 0.1) is 23.2 Å². The molecule has 0 aliphatic heterocycles. The number of benzene rings is 1. The first-order valence-corrected chi connectivity index (χ1v) is 6.04. The van der Waals surface area contributed by atoms with E-state index in [1.165, 1.54) is 0 Å². The Labute approximate surface area is 110 Å². The molecule has 1 aliphatic carbocycles. The van der Waals surface area contributed by atoms with Crippen LogP contribution in [-0.4, -0.2) is 22.1 Å². The van der Waals surface area contributed by atoms with Crippen LogP contribution in [0, 0.1) is 0 Å². The molecule has 0 unspecified atom stereocenters. The Balaban J connectivity index is 2.13. The highest BCUT2D eigenvalue weighted by Crippen LogP contribution is 2.27. The number of imidazole rings is 1. The lowest BCUT2D eigenvalue weighted by atomic mass is 10.1. The third-order valence-electron chi connectivity index (χ3n) is 2.98. The van der Waals surface area contributed by atoms with Gasteiger partial charge in [-0.1, -0.05) is 6.08 Å². The van der Waals surface area contributed by atoms with Crippen LogP contribution in [0.2, 0.25) is 0 Å². The number of fused-ring (bicyclic) bond motifs is 1. The molecule has 0 amide bonds. The van der Waals surface area contributed by atoms with Gasteiger partial charge in [0.25, 0.3) is 0 Å². The van der Waals surface area contributed by atoms with E-state index < -0.39 is 0 Å². The topological polar surface area (TPSA) is 70.1 Å². The Hall–Kier alpha value is -2.56. The van der Waals surface area contributed by atoms with Gasteiger partial charge in [-0.3, -0.25) is 4.57 Å². The van der Waals surface area contributed by atoms with Crippen LogP contribution in [0.25, 0.3) is 16.7 Å². The molecule has 1 aromatic carbocycles. The molecular weight excluding hydrogens is 242 g/mol. The molecule has 1 heterocycles. The van der Waals surface area contributed by atoms with Gasteiger partial charge in [0.1, 0.15) is 0 Å². The molecule has 96 valence electrons. The van der Waals surface area contributed by atoms with E-state index in [-0.39, 0.29) is 5.97 Å². The number of esters is 1. The van der Waals surface area contributed by atoms with Crippen LogP contribution < -0.4 is 5.73 Å². The van der Waals surface area contributed by atoms with Gasteiger partial charge in [0.15, 0.2) is 0 Å². The number of anilines is 1. The van der Waals surface area contributed by atoms with Gasteiger partial charge < -0.3 is 10.5 Å². The van der Waals surface area contributed by atoms with Crippen molar-refractivity contribution in [3.05, 3.63) is 42.0 Å². The fraction of sp³-hybridized carbons (Fsp3) is 0.143. The van der Waals surface area contributed by atoms with Gasteiger partial charge >= 0.3 is 5.97 Å². The molecule has 2 N–H and O–H groups in total. The molecule has 1 aliphatic rings. The minimum atomic E-state index is -0.339. The highest BCUT2D eigenvalue weighted by atomic mass is 16.5. The number of carbonyl (C=O) groups excluding carboxylic acids is 1. The first kappa shape index (κ1) is 11.5. The van der Waals surface area contributed by atoms with Crippen molar-refractivity contribution >= 4 is 28.6 Å². The number of nitrogens with zero attached hydrogens (tertiary/aromatic N) is 2. The van der Waals surface area contributed by atoms with E-state index in [4.69, 9.17) is 10.5 Å². The predicted octanol–water partition coefficient (Wildman–Crippen LogP) is 2.21. The number of allylic oxidation sites excluding steroid dienone is 4. The Morgan fingerprint density at radius 3 is 2.89 bits per heavy atom. The van der Waals surface area contributed by atoms with Crippen molar-refractivity contribution < 1.29 is 9.53 Å². The molecule has 3 rings (SSSR count). The lowest BCUT2D eigenvalue weighted by Crippen LogP contribution is -2.06. The van der Waals surface area contributed by atoms with E-state index in [0.717, 1.165) is 16.7 Å². The van der Waals surface area contributed by atoms with E-state index in [2.05, 4.69) is 4.98 Å². The van der Waals surface area contributed by atoms with Crippen molar-refractivity contribution in [2.45, 2.75) is 6.92 Å². The van der Waals surface area contributed by atoms with Gasteiger partial charge in [0.2, 0.25) is 5.95 Å². The molecule has 5 heteroatoms. The number of hydrogen-bond acceptors (Lipinski definition) is 4. The predicted molar refractivity (Wildman–Crippen MR) is 73.5 cm³/mol. The number of nitrogens with two attached hydrogens (primary N) is 1. The summed E-state index contributed by atoms with van der Waals surface area (Å²) in [5, 5.41) is 0. The van der Waals surface area contributed by atoms with Crippen LogP contribution in [0.5, 0.6) is 0 Å². The second kappa shape index (κ2) is 4.28. The summed E-state index contributed by atoms with van der Waals surface area (Å²) in [4.78, 5) is 16.0. The summed E-state index contributed by atoms with van der Waals surface area (Å²) in [6, 6.07) is 5.23. The maximum Gasteiger partial charge on any atom is 0.338 e. The number of rotatable bonds is 3. The fourth-order valence-corrected chi connectivity index (χ4v) is 2.04. The zero-order chi connectivity index (χ0) is 13.4. The molecule has 19 heavy (non-hydrogen) atoms. The summed E-state index contributed by atoms with van der Waals surface area (Å²) in [6.07, 6.45) is 5.80. The van der Waals surface area contributed by atoms with E-state index in [1.807, 2.05) is 22.8 Å². The second-order valence-corrected chi connectivity index (χ2v) is 4.18. The van der Waals surface area contributed by atoms with E-state index >= 15 is 0 Å². The number of aromatic nitrogens is 2. The molecule has 0 saturated heterocycles. The Morgan fingerprint density at radius 2 is 2.26 bits per heavy atom. The molecule has 0 radical (unpaired) electrons. The minimum absolute atomic E-state index is 0.339. The van der Waals surface area contributed by atoms with Crippen LogP contribution in [0.4, 0.5) is 5.95 Å². The summed E-state index contributed by atoms with van der Waals surface area (Å²) < 4.78 is 6.81. The Bertz CT molecular complexity index is 726. The second-order valence-electron chi connectivity index (χ2n) is 4.18. The first-order chi connectivity index (χ1) is 9.20. The van der Waals surface area contributed by atoms with Crippen LogP contribution in [0.15, 0.2) is 36.4 Å². The van der Waals surface area contributed by atoms with Crippen molar-refractivity contribution in [2.24, 2.45) is 0 Å². The third-order valence-corrected chi connectivity index (χ3v) is 2.98. The lowest BCUT2D eigenvalue weighted by Gasteiger charge is -2.11. The summed E-state index contributed by atoms with van der Waals surface area (Å²) >= 11 is 0. The van der Waals surface area contributed by atoms with Gasteiger partial charge in [-0.2, -0.15) is 0 Å². The van der Waals surface area contributed by atoms with Crippen LogP contribution >= 0.6 is 0 Å². The van der Waals surface area contributed by atoms with E-state index in [0.29, 0.717) is 18.1 Å². The smallest absolute Gasteiger partial charge is 0.338 e. The average molecular weight is 255 g/mol. The van der Waals surface area contributed by atoms with Crippen LogP contribution in [-0.2, 0) is 4.74 Å². The molecule has 0 spiro atoms. The molecular formula is C14H13N3O2. The van der Waals surface area contributed by atoms with Crippen molar-refractivity contribution in [2.75, 3.05) is 12.3 Å². The monoisotopic (exact) mass is 255 g/mol. The number of hydrogen-bond donors (Lipinski definition) is 1. The third kappa shape index (κ3) is 1.79. The SMILES string of the molecule is CCOC(=O)c1ccc2nc(N)n(C3=CC=C3)c2c1. The molecule has 0 fully saturated rings. The highest BCUT2D eigenvalue weighted by Gasteiger charge is 2.15. The van der Waals surface area contributed by atoms with Gasteiger partial charge in [0, 0.05) is 5.70 Å². The molecule has 0 saturated carbocycles. The normalized spacial score (nSPS) is 13.2. The summed E-state index contributed by atoms with van der Waals surface area (Å²) in [7, 11) is 0. The quantitative estimate of drug-likeness (QED) is 0.853. The number of ether oxygens (including phenoxy) is 1. The van der Waals surface area contributed by atoms with Crippen molar-refractivity contribution in [3.63, 3.8) is 0 Å². The fourth-order valence-electron chi connectivity index (χ4n) is 2.04. The molecule has 0 bridgehead atoms. The Morgan fingerprint density at radius 1 is 1.47 bits per heavy atom.